The molecule has 2 heterocycles. The molecule has 0 unspecified atom stereocenters. The van der Waals surface area contributed by atoms with E-state index in [1.807, 2.05) is 53.9 Å². The van der Waals surface area contributed by atoms with Gasteiger partial charge in [-0.3, -0.25) is 4.79 Å². The number of thiazole rings is 1. The van der Waals surface area contributed by atoms with Gasteiger partial charge in [-0.15, -0.1) is 11.3 Å². The van der Waals surface area contributed by atoms with Crippen LogP contribution in [0.3, 0.4) is 0 Å². The van der Waals surface area contributed by atoms with E-state index in [0.29, 0.717) is 16.5 Å². The maximum absolute atomic E-state index is 12.8. The van der Waals surface area contributed by atoms with Crippen LogP contribution < -0.4 is 5.01 Å². The highest BCUT2D eigenvalue weighted by molar-refractivity contribution is 9.10. The fourth-order valence-corrected chi connectivity index (χ4v) is 4.01. The van der Waals surface area contributed by atoms with Crippen LogP contribution in [-0.4, -0.2) is 22.6 Å². The van der Waals surface area contributed by atoms with Crippen molar-refractivity contribution in [2.75, 3.05) is 5.01 Å². The predicted molar refractivity (Wildman–Crippen MR) is 118 cm³/mol. The van der Waals surface area contributed by atoms with E-state index >= 15 is 0 Å². The molecule has 0 radical (unpaired) electrons. The molecule has 0 bridgehead atoms. The zero-order valence-electron chi connectivity index (χ0n) is 14.6. The topological polar surface area (TPSA) is 70.3 Å². The Morgan fingerprint density at radius 2 is 1.86 bits per heavy atom. The van der Waals surface area contributed by atoms with Gasteiger partial charge in [-0.05, 0) is 47.1 Å². The van der Waals surface area contributed by atoms with Crippen LogP contribution in [0.2, 0.25) is 0 Å². The number of halogens is 2. The van der Waals surface area contributed by atoms with Gasteiger partial charge < -0.3 is 0 Å². The molecule has 28 heavy (non-hydrogen) atoms. The third kappa shape index (κ3) is 3.82. The number of anilines is 1. The maximum Gasteiger partial charge on any atom is 0.282 e. The number of benzene rings is 2. The molecule has 9 heteroatoms. The lowest BCUT2D eigenvalue weighted by molar-refractivity contribution is -0.117. The first kappa shape index (κ1) is 19.1. The van der Waals surface area contributed by atoms with Crippen molar-refractivity contribution < 1.29 is 4.79 Å². The lowest BCUT2D eigenvalue weighted by Crippen LogP contribution is -2.29. The van der Waals surface area contributed by atoms with Crippen molar-refractivity contribution in [2.24, 2.45) is 15.3 Å². The molecule has 140 valence electrons. The number of hydrazone groups is 1. The van der Waals surface area contributed by atoms with Gasteiger partial charge in [-0.25, -0.2) is 4.98 Å². The monoisotopic (exact) mass is 517 g/mol. The minimum Gasteiger partial charge on any atom is -0.269 e. The summed E-state index contributed by atoms with van der Waals surface area (Å²) in [6.07, 6.45) is 0. The fraction of sp³-hybridized carbons (Fsp3) is 0.105. The van der Waals surface area contributed by atoms with Crippen LogP contribution in [0, 0.1) is 0 Å². The van der Waals surface area contributed by atoms with E-state index in [0.717, 1.165) is 20.2 Å². The van der Waals surface area contributed by atoms with Gasteiger partial charge in [0.25, 0.3) is 5.91 Å². The summed E-state index contributed by atoms with van der Waals surface area (Å²) in [5.41, 5.74) is 3.02. The minimum absolute atomic E-state index is 0.259. The summed E-state index contributed by atoms with van der Waals surface area (Å²) in [6, 6.07) is 14.6. The maximum atomic E-state index is 12.8. The minimum atomic E-state index is -0.743. The lowest BCUT2D eigenvalue weighted by atomic mass is 10.2. The summed E-state index contributed by atoms with van der Waals surface area (Å²) < 4.78 is 1.81. The average Bonchev–Trinajstić information content (AvgIpc) is 3.27. The molecule has 0 spiro atoms. The van der Waals surface area contributed by atoms with E-state index in [2.05, 4.69) is 52.2 Å². The van der Waals surface area contributed by atoms with Crippen LogP contribution in [0.5, 0.6) is 0 Å². The van der Waals surface area contributed by atoms with E-state index in [9.17, 15) is 4.79 Å². The molecular formula is C19H13Br2N5OS. The standard InChI is InChI=1S/C19H13Br2N5OS/c1-11-17(24-23-15-5-3-2-4-14(15)21)18(27)26(25-11)19-22-16(10-28-19)12-6-8-13(20)9-7-12/h2-10,17H,1H3/t17-/m1/s1. The van der Waals surface area contributed by atoms with Crippen molar-refractivity contribution >= 4 is 65.6 Å². The Hall–Kier alpha value is -2.23. The molecule has 1 aliphatic heterocycles. The number of nitrogens with zero attached hydrogens (tertiary/aromatic N) is 5. The zero-order chi connectivity index (χ0) is 19.7. The quantitative estimate of drug-likeness (QED) is 0.385. The van der Waals surface area contributed by atoms with Gasteiger partial charge in [-0.1, -0.05) is 40.2 Å². The normalized spacial score (nSPS) is 16.8. The molecule has 0 fully saturated rings. The van der Waals surface area contributed by atoms with E-state index in [1.165, 1.54) is 16.3 Å². The van der Waals surface area contributed by atoms with Gasteiger partial charge >= 0.3 is 0 Å². The van der Waals surface area contributed by atoms with E-state index in [1.54, 1.807) is 6.92 Å². The van der Waals surface area contributed by atoms with Gasteiger partial charge in [-0.2, -0.15) is 20.3 Å². The predicted octanol–water partition coefficient (Wildman–Crippen LogP) is 6.21. The number of amides is 1. The van der Waals surface area contributed by atoms with Gasteiger partial charge in [0.15, 0.2) is 6.04 Å². The summed E-state index contributed by atoms with van der Waals surface area (Å²) in [6.45, 7) is 1.77. The van der Waals surface area contributed by atoms with Crippen LogP contribution in [-0.2, 0) is 4.79 Å². The summed E-state index contributed by atoms with van der Waals surface area (Å²) in [7, 11) is 0. The Kier molecular flexibility index (Phi) is 5.47. The van der Waals surface area contributed by atoms with Crippen LogP contribution >= 0.6 is 43.2 Å². The molecule has 3 aromatic rings. The van der Waals surface area contributed by atoms with E-state index in [-0.39, 0.29) is 5.91 Å². The van der Waals surface area contributed by atoms with Crippen molar-refractivity contribution in [3.8, 4) is 11.3 Å². The number of aromatic nitrogens is 1. The van der Waals surface area contributed by atoms with E-state index in [4.69, 9.17) is 0 Å². The highest BCUT2D eigenvalue weighted by Gasteiger charge is 2.36. The third-order valence-corrected chi connectivity index (χ3v) is 6.06. The molecule has 6 nitrogen and oxygen atoms in total. The van der Waals surface area contributed by atoms with Crippen molar-refractivity contribution in [2.45, 2.75) is 13.0 Å². The van der Waals surface area contributed by atoms with Crippen LogP contribution in [0.1, 0.15) is 6.92 Å². The van der Waals surface area contributed by atoms with Gasteiger partial charge in [0.05, 0.1) is 17.1 Å². The van der Waals surface area contributed by atoms with E-state index < -0.39 is 6.04 Å². The molecular weight excluding hydrogens is 506 g/mol. The molecule has 4 rings (SSSR count). The molecule has 1 aromatic heterocycles. The summed E-state index contributed by atoms with van der Waals surface area (Å²) in [5.74, 6) is -0.259. The van der Waals surface area contributed by atoms with Gasteiger partial charge in [0, 0.05) is 19.9 Å². The number of hydrogen-bond donors (Lipinski definition) is 0. The van der Waals surface area contributed by atoms with Crippen molar-refractivity contribution in [3.63, 3.8) is 0 Å². The lowest BCUT2D eigenvalue weighted by Gasteiger charge is -2.08. The molecule has 0 saturated carbocycles. The third-order valence-electron chi connectivity index (χ3n) is 4.04. The largest absolute Gasteiger partial charge is 0.282 e. The van der Waals surface area contributed by atoms with Crippen LogP contribution in [0.4, 0.5) is 10.8 Å². The number of carbonyl (C=O) groups is 1. The molecule has 1 amide bonds. The highest BCUT2D eigenvalue weighted by atomic mass is 79.9. The molecule has 1 atom stereocenters. The van der Waals surface area contributed by atoms with Gasteiger partial charge in [0.2, 0.25) is 5.13 Å². The first-order valence-corrected chi connectivity index (χ1v) is 10.8. The van der Waals surface area contributed by atoms with Crippen LogP contribution in [0.15, 0.2) is 78.2 Å². The van der Waals surface area contributed by atoms with Gasteiger partial charge in [0.1, 0.15) is 0 Å². The second-order valence-corrected chi connectivity index (χ2v) is 8.59. The zero-order valence-corrected chi connectivity index (χ0v) is 18.6. The molecule has 2 aromatic carbocycles. The van der Waals surface area contributed by atoms with Crippen molar-refractivity contribution in [3.05, 3.63) is 62.9 Å². The highest BCUT2D eigenvalue weighted by Crippen LogP contribution is 2.31. The second-order valence-electron chi connectivity index (χ2n) is 5.98. The Balaban J connectivity index is 1.55. The second kappa shape index (κ2) is 8.02. The fourth-order valence-electron chi connectivity index (χ4n) is 2.59. The Morgan fingerprint density at radius 3 is 2.61 bits per heavy atom. The number of hydrogen-bond acceptors (Lipinski definition) is 6. The Morgan fingerprint density at radius 1 is 1.11 bits per heavy atom. The molecule has 0 aliphatic carbocycles. The smallest absolute Gasteiger partial charge is 0.269 e. The Bertz CT molecular complexity index is 1090. The number of azo groups is 1. The van der Waals surface area contributed by atoms with Crippen molar-refractivity contribution in [1.82, 2.24) is 4.98 Å². The SMILES string of the molecule is CC1=NN(c2nc(-c3ccc(Br)cc3)cs2)C(=O)[C@@H]1N=Nc1ccccc1Br. The summed E-state index contributed by atoms with van der Waals surface area (Å²) in [4.78, 5) is 17.4. The summed E-state index contributed by atoms with van der Waals surface area (Å²) in [5, 5.41) is 16.5. The molecule has 0 N–H and O–H groups in total. The molecule has 1 aliphatic rings. The number of carbonyl (C=O) groups excluding carboxylic acids is 1. The first-order valence-electron chi connectivity index (χ1n) is 8.29. The molecule has 0 saturated heterocycles. The van der Waals surface area contributed by atoms with Crippen LogP contribution in [0.25, 0.3) is 11.3 Å². The number of rotatable bonds is 4. The Labute approximate surface area is 182 Å². The average molecular weight is 519 g/mol. The summed E-state index contributed by atoms with van der Waals surface area (Å²) >= 11 is 8.21. The van der Waals surface area contributed by atoms with Crippen molar-refractivity contribution in [1.29, 1.82) is 0 Å². The first-order chi connectivity index (χ1) is 13.5.